The topological polar surface area (TPSA) is 20.2 Å². The molecule has 0 bridgehead atoms. The minimum atomic E-state index is 0.347. The molecule has 0 saturated heterocycles. The molecule has 0 aliphatic heterocycles. The van der Waals surface area contributed by atoms with Crippen molar-refractivity contribution >= 4 is 6.08 Å². The largest absolute Gasteiger partial charge is 0.507 e. The Morgan fingerprint density at radius 3 is 2.50 bits per heavy atom. The van der Waals surface area contributed by atoms with Gasteiger partial charge in [-0.3, -0.25) is 0 Å². The normalized spacial score (nSPS) is 10.6. The van der Waals surface area contributed by atoms with Crippen LogP contribution in [-0.2, 0) is 6.42 Å². The van der Waals surface area contributed by atoms with Gasteiger partial charge in [-0.1, -0.05) is 33.4 Å². The molecule has 0 fully saturated rings. The molecule has 0 aliphatic carbocycles. The van der Waals surface area contributed by atoms with E-state index in [1.807, 2.05) is 25.1 Å². The highest BCUT2D eigenvalue weighted by molar-refractivity contribution is 5.55. The summed E-state index contributed by atoms with van der Waals surface area (Å²) in [7, 11) is 0. The van der Waals surface area contributed by atoms with Gasteiger partial charge < -0.3 is 5.11 Å². The van der Waals surface area contributed by atoms with E-state index < -0.39 is 0 Å². The number of benzene rings is 1. The molecule has 76 valence electrons. The maximum absolute atomic E-state index is 9.94. The first kappa shape index (κ1) is 10.8. The van der Waals surface area contributed by atoms with Gasteiger partial charge >= 0.3 is 0 Å². The lowest BCUT2D eigenvalue weighted by atomic mass is 9.95. The number of aryl methyl sites for hydroxylation is 1. The van der Waals surface area contributed by atoms with Gasteiger partial charge in [-0.25, -0.2) is 0 Å². The summed E-state index contributed by atoms with van der Waals surface area (Å²) in [5.74, 6) is 0.799. The van der Waals surface area contributed by atoms with Crippen molar-refractivity contribution in [3.63, 3.8) is 0 Å². The van der Waals surface area contributed by atoms with Crippen LogP contribution in [0.15, 0.2) is 18.7 Å². The maximum Gasteiger partial charge on any atom is 0.122 e. The van der Waals surface area contributed by atoms with Gasteiger partial charge in [0.15, 0.2) is 0 Å². The van der Waals surface area contributed by atoms with Crippen molar-refractivity contribution < 1.29 is 5.11 Å². The van der Waals surface area contributed by atoms with E-state index >= 15 is 0 Å². The second-order valence-electron chi connectivity index (χ2n) is 3.83. The lowest BCUT2D eigenvalue weighted by Gasteiger charge is -2.13. The Kier molecular flexibility index (Phi) is 3.34. The van der Waals surface area contributed by atoms with Crippen molar-refractivity contribution in [2.24, 2.45) is 0 Å². The summed E-state index contributed by atoms with van der Waals surface area (Å²) in [6.07, 6.45) is 2.68. The summed E-state index contributed by atoms with van der Waals surface area (Å²) < 4.78 is 0. The molecule has 1 N–H and O–H groups in total. The van der Waals surface area contributed by atoms with E-state index in [9.17, 15) is 5.11 Å². The molecule has 14 heavy (non-hydrogen) atoms. The summed E-state index contributed by atoms with van der Waals surface area (Å²) in [4.78, 5) is 0. The minimum Gasteiger partial charge on any atom is -0.507 e. The van der Waals surface area contributed by atoms with Crippen LogP contribution in [0.2, 0.25) is 0 Å². The number of rotatable bonds is 3. The molecule has 1 aromatic rings. The highest BCUT2D eigenvalue weighted by Crippen LogP contribution is 2.31. The Morgan fingerprint density at radius 1 is 1.43 bits per heavy atom. The first-order valence-corrected chi connectivity index (χ1v) is 5.08. The van der Waals surface area contributed by atoms with Crippen molar-refractivity contribution in [3.05, 3.63) is 35.4 Å². The van der Waals surface area contributed by atoms with Crippen LogP contribution in [-0.4, -0.2) is 5.11 Å². The van der Waals surface area contributed by atoms with Crippen molar-refractivity contribution in [1.29, 1.82) is 0 Å². The highest BCUT2D eigenvalue weighted by Gasteiger charge is 2.10. The van der Waals surface area contributed by atoms with Gasteiger partial charge in [-0.2, -0.15) is 0 Å². The van der Waals surface area contributed by atoms with Crippen LogP contribution < -0.4 is 0 Å². The molecule has 0 aliphatic rings. The Hall–Kier alpha value is -1.24. The van der Waals surface area contributed by atoms with E-state index in [-0.39, 0.29) is 0 Å². The zero-order valence-electron chi connectivity index (χ0n) is 9.17. The van der Waals surface area contributed by atoms with Crippen molar-refractivity contribution in [2.45, 2.75) is 33.1 Å². The molecule has 1 nitrogen and oxygen atoms in total. The van der Waals surface area contributed by atoms with Crippen LogP contribution in [0.5, 0.6) is 5.75 Å². The fourth-order valence-electron chi connectivity index (χ4n) is 1.57. The van der Waals surface area contributed by atoms with Crippen LogP contribution in [0.25, 0.3) is 6.08 Å². The number of phenolic OH excluding ortho intramolecular Hbond substituents is 1. The first-order valence-electron chi connectivity index (χ1n) is 5.08. The molecule has 0 atom stereocenters. The monoisotopic (exact) mass is 190 g/mol. The Bertz CT molecular complexity index is 337. The molecular weight excluding hydrogens is 172 g/mol. The Labute approximate surface area is 86.1 Å². The Balaban J connectivity index is 3.34. The van der Waals surface area contributed by atoms with Crippen molar-refractivity contribution in [1.82, 2.24) is 0 Å². The van der Waals surface area contributed by atoms with E-state index in [0.29, 0.717) is 11.7 Å². The third-order valence-electron chi connectivity index (χ3n) is 2.48. The fourth-order valence-corrected chi connectivity index (χ4v) is 1.57. The molecule has 0 spiro atoms. The fraction of sp³-hybridized carbons (Fsp3) is 0.385. The predicted octanol–water partition coefficient (Wildman–Crippen LogP) is 3.72. The lowest BCUT2D eigenvalue weighted by molar-refractivity contribution is 0.458. The van der Waals surface area contributed by atoms with E-state index in [4.69, 9.17) is 0 Å². The number of hydrogen-bond donors (Lipinski definition) is 1. The van der Waals surface area contributed by atoms with Crippen molar-refractivity contribution in [2.75, 3.05) is 0 Å². The average molecular weight is 190 g/mol. The first-order chi connectivity index (χ1) is 6.60. The van der Waals surface area contributed by atoms with Crippen LogP contribution in [0.1, 0.15) is 43.4 Å². The van der Waals surface area contributed by atoms with Gasteiger partial charge in [0.05, 0.1) is 0 Å². The van der Waals surface area contributed by atoms with Gasteiger partial charge in [0.2, 0.25) is 0 Å². The summed E-state index contributed by atoms with van der Waals surface area (Å²) >= 11 is 0. The van der Waals surface area contributed by atoms with Crippen LogP contribution in [0, 0.1) is 0 Å². The van der Waals surface area contributed by atoms with E-state index in [2.05, 4.69) is 20.4 Å². The molecule has 1 aromatic carbocycles. The summed E-state index contributed by atoms with van der Waals surface area (Å²) in [5.41, 5.74) is 3.11. The molecule has 0 radical (unpaired) electrons. The Morgan fingerprint density at radius 2 is 2.07 bits per heavy atom. The average Bonchev–Trinajstić information content (AvgIpc) is 2.17. The van der Waals surface area contributed by atoms with Crippen LogP contribution >= 0.6 is 0 Å². The second kappa shape index (κ2) is 4.32. The molecule has 0 aromatic heterocycles. The van der Waals surface area contributed by atoms with Gasteiger partial charge in [-0.15, -0.1) is 0 Å². The SMILES string of the molecule is C=Cc1cc(CC)c(O)c(C(C)C)c1. The minimum absolute atomic E-state index is 0.347. The molecule has 0 saturated carbocycles. The van der Waals surface area contributed by atoms with Gasteiger partial charge in [0, 0.05) is 0 Å². The second-order valence-corrected chi connectivity index (χ2v) is 3.83. The zero-order valence-corrected chi connectivity index (χ0v) is 9.17. The zero-order chi connectivity index (χ0) is 10.7. The third kappa shape index (κ3) is 1.98. The van der Waals surface area contributed by atoms with E-state index in [1.165, 1.54) is 0 Å². The number of phenols is 1. The van der Waals surface area contributed by atoms with Crippen molar-refractivity contribution in [3.8, 4) is 5.75 Å². The van der Waals surface area contributed by atoms with E-state index in [1.54, 1.807) is 0 Å². The molecule has 1 heteroatoms. The van der Waals surface area contributed by atoms with E-state index in [0.717, 1.165) is 23.1 Å². The summed E-state index contributed by atoms with van der Waals surface area (Å²) in [6.45, 7) is 9.97. The van der Waals surface area contributed by atoms with Gasteiger partial charge in [-0.05, 0) is 41.2 Å². The molecule has 1 rings (SSSR count). The maximum atomic E-state index is 9.94. The standard InChI is InChI=1S/C13H18O/c1-5-10-7-11(6-2)13(14)12(8-10)9(3)4/h5,7-9,14H,1,6H2,2-4H3. The van der Waals surface area contributed by atoms with Gasteiger partial charge in [0.1, 0.15) is 5.75 Å². The van der Waals surface area contributed by atoms with Gasteiger partial charge in [0.25, 0.3) is 0 Å². The molecular formula is C13H18O. The number of hydrogen-bond acceptors (Lipinski definition) is 1. The quantitative estimate of drug-likeness (QED) is 0.770. The highest BCUT2D eigenvalue weighted by atomic mass is 16.3. The van der Waals surface area contributed by atoms with Crippen LogP contribution in [0.4, 0.5) is 0 Å². The molecule has 0 unspecified atom stereocenters. The third-order valence-corrected chi connectivity index (χ3v) is 2.48. The number of aromatic hydroxyl groups is 1. The summed E-state index contributed by atoms with van der Waals surface area (Å²) in [6, 6.07) is 4.00. The lowest BCUT2D eigenvalue weighted by Crippen LogP contribution is -1.94. The molecule has 0 heterocycles. The predicted molar refractivity (Wildman–Crippen MR) is 61.7 cm³/mol. The smallest absolute Gasteiger partial charge is 0.122 e. The molecule has 0 amide bonds. The van der Waals surface area contributed by atoms with Crippen LogP contribution in [0.3, 0.4) is 0 Å². The summed E-state index contributed by atoms with van der Waals surface area (Å²) in [5, 5.41) is 9.94.